The van der Waals surface area contributed by atoms with Gasteiger partial charge in [0.15, 0.2) is 5.82 Å². The minimum Gasteiger partial charge on any atom is -0.391 e. The predicted molar refractivity (Wildman–Crippen MR) is 63.9 cm³/mol. The number of nitrogens with zero attached hydrogens (tertiary/aromatic N) is 2. The molecule has 0 radical (unpaired) electrons. The van der Waals surface area contributed by atoms with Gasteiger partial charge in [-0.25, -0.2) is 0 Å². The van der Waals surface area contributed by atoms with Crippen molar-refractivity contribution in [3.8, 4) is 10.8 Å². The summed E-state index contributed by atoms with van der Waals surface area (Å²) < 4.78 is 5.14. The molecule has 0 atom stereocenters. The highest BCUT2D eigenvalue weighted by atomic mass is 32.2. The molecule has 0 saturated heterocycles. The Kier molecular flexibility index (Phi) is 3.27. The van der Waals surface area contributed by atoms with Crippen LogP contribution in [0.25, 0.3) is 10.8 Å². The molecule has 6 heteroatoms. The second-order valence-electron chi connectivity index (χ2n) is 2.85. The normalized spacial score (nSPS) is 10.7. The molecule has 2 heterocycles. The lowest BCUT2D eigenvalue weighted by atomic mass is 10.4. The van der Waals surface area contributed by atoms with Gasteiger partial charge in [-0.1, -0.05) is 12.1 Å². The number of nitrogen functional groups attached to an aromatic ring is 1. The molecular formula is C9H11N3OS2. The minimum absolute atomic E-state index is 0.559. The van der Waals surface area contributed by atoms with Crippen LogP contribution >= 0.6 is 23.1 Å². The number of nitrogens with two attached hydrogens (primary N) is 1. The third-order valence-electron chi connectivity index (χ3n) is 1.74. The summed E-state index contributed by atoms with van der Waals surface area (Å²) >= 11 is 3.22. The number of hydrogen-bond donors (Lipinski definition) is 1. The van der Waals surface area contributed by atoms with Crippen molar-refractivity contribution in [1.82, 2.24) is 10.1 Å². The number of anilines is 1. The Bertz CT molecular complexity index is 438. The van der Waals surface area contributed by atoms with Crippen LogP contribution in [-0.4, -0.2) is 15.9 Å². The Morgan fingerprint density at radius 1 is 1.53 bits per heavy atom. The van der Waals surface area contributed by atoms with Crippen LogP contribution in [0.3, 0.4) is 0 Å². The fourth-order valence-corrected chi connectivity index (χ4v) is 2.27. The second kappa shape index (κ2) is 4.67. The van der Waals surface area contributed by atoms with E-state index in [1.165, 1.54) is 11.3 Å². The Balaban J connectivity index is 2.13. The quantitative estimate of drug-likeness (QED) is 0.891. The van der Waals surface area contributed by atoms with Crippen LogP contribution in [0.15, 0.2) is 16.7 Å². The van der Waals surface area contributed by atoms with Gasteiger partial charge in [0.05, 0.1) is 15.6 Å². The van der Waals surface area contributed by atoms with E-state index in [0.29, 0.717) is 5.89 Å². The number of thioether (sulfide) groups is 1. The van der Waals surface area contributed by atoms with Crippen LogP contribution in [0.5, 0.6) is 0 Å². The van der Waals surface area contributed by atoms with Crippen molar-refractivity contribution in [2.24, 2.45) is 0 Å². The van der Waals surface area contributed by atoms with Crippen LogP contribution in [0, 0.1) is 0 Å². The minimum atomic E-state index is 0.559. The fourth-order valence-electron chi connectivity index (χ4n) is 1.07. The van der Waals surface area contributed by atoms with Crippen molar-refractivity contribution < 1.29 is 4.52 Å². The van der Waals surface area contributed by atoms with Crippen LogP contribution in [0.4, 0.5) is 5.00 Å². The largest absolute Gasteiger partial charge is 0.391 e. The summed E-state index contributed by atoms with van der Waals surface area (Å²) in [5.74, 6) is 3.14. The molecule has 0 aliphatic carbocycles. The van der Waals surface area contributed by atoms with Crippen LogP contribution in [-0.2, 0) is 5.75 Å². The van der Waals surface area contributed by atoms with Gasteiger partial charge >= 0.3 is 0 Å². The molecule has 2 aromatic heterocycles. The molecule has 0 bridgehead atoms. The molecule has 4 nitrogen and oxygen atoms in total. The maximum atomic E-state index is 5.63. The average molecular weight is 241 g/mol. The number of aromatic nitrogens is 2. The topological polar surface area (TPSA) is 64.9 Å². The summed E-state index contributed by atoms with van der Waals surface area (Å²) in [4.78, 5) is 5.21. The summed E-state index contributed by atoms with van der Waals surface area (Å²) in [6.07, 6.45) is 0. The lowest BCUT2D eigenvalue weighted by Crippen LogP contribution is -1.83. The molecule has 0 fully saturated rings. The van der Waals surface area contributed by atoms with Crippen molar-refractivity contribution in [2.45, 2.75) is 12.7 Å². The van der Waals surface area contributed by atoms with E-state index in [9.17, 15) is 0 Å². The van der Waals surface area contributed by atoms with E-state index in [1.807, 2.05) is 12.1 Å². The zero-order valence-electron chi connectivity index (χ0n) is 8.27. The van der Waals surface area contributed by atoms with Gasteiger partial charge in [0.2, 0.25) is 0 Å². The average Bonchev–Trinajstić information content (AvgIpc) is 2.83. The van der Waals surface area contributed by atoms with Crippen molar-refractivity contribution >= 4 is 28.1 Å². The van der Waals surface area contributed by atoms with Crippen LogP contribution in [0.1, 0.15) is 12.7 Å². The molecular weight excluding hydrogens is 230 g/mol. The first kappa shape index (κ1) is 10.5. The molecule has 2 rings (SSSR count). The molecule has 0 spiro atoms. The van der Waals surface area contributed by atoms with E-state index in [-0.39, 0.29) is 0 Å². The first-order valence-electron chi connectivity index (χ1n) is 4.55. The Hall–Kier alpha value is -1.01. The van der Waals surface area contributed by atoms with Crippen molar-refractivity contribution in [3.63, 3.8) is 0 Å². The van der Waals surface area contributed by atoms with Gasteiger partial charge in [-0.3, -0.25) is 0 Å². The molecule has 0 amide bonds. The van der Waals surface area contributed by atoms with Crippen LogP contribution < -0.4 is 5.73 Å². The standard InChI is InChI=1S/C9H11N3OS2/c1-2-14-5-8-11-9(13-12-8)6-3-4-7(10)15-6/h3-4H,2,5,10H2,1H3. The number of hydrogen-bond acceptors (Lipinski definition) is 6. The predicted octanol–water partition coefficient (Wildman–Crippen LogP) is 2.63. The molecule has 15 heavy (non-hydrogen) atoms. The van der Waals surface area contributed by atoms with Gasteiger partial charge in [-0.05, 0) is 17.9 Å². The number of thiophene rings is 1. The summed E-state index contributed by atoms with van der Waals surface area (Å²) in [5.41, 5.74) is 5.63. The van der Waals surface area contributed by atoms with Gasteiger partial charge in [-0.15, -0.1) is 11.3 Å². The molecule has 0 aromatic carbocycles. The smallest absolute Gasteiger partial charge is 0.268 e. The van der Waals surface area contributed by atoms with Gasteiger partial charge in [0.25, 0.3) is 5.89 Å². The van der Waals surface area contributed by atoms with E-state index >= 15 is 0 Å². The van der Waals surface area contributed by atoms with Crippen molar-refractivity contribution in [3.05, 3.63) is 18.0 Å². The highest BCUT2D eigenvalue weighted by Gasteiger charge is 2.10. The summed E-state index contributed by atoms with van der Waals surface area (Å²) in [5, 5.41) is 4.66. The van der Waals surface area contributed by atoms with Gasteiger partial charge in [0, 0.05) is 0 Å². The van der Waals surface area contributed by atoms with Crippen LogP contribution in [0.2, 0.25) is 0 Å². The Morgan fingerprint density at radius 3 is 3.07 bits per heavy atom. The molecule has 2 aromatic rings. The van der Waals surface area contributed by atoms with Gasteiger partial charge in [-0.2, -0.15) is 16.7 Å². The van der Waals surface area contributed by atoms with Crippen molar-refractivity contribution in [1.29, 1.82) is 0 Å². The third-order valence-corrected chi connectivity index (χ3v) is 3.51. The fraction of sp³-hybridized carbons (Fsp3) is 0.333. The Labute approximate surface area is 95.9 Å². The summed E-state index contributed by atoms with van der Waals surface area (Å²) in [7, 11) is 0. The monoisotopic (exact) mass is 241 g/mol. The second-order valence-corrected chi connectivity index (χ2v) is 5.24. The van der Waals surface area contributed by atoms with E-state index in [1.54, 1.807) is 11.8 Å². The highest BCUT2D eigenvalue weighted by Crippen LogP contribution is 2.28. The molecule has 0 saturated carbocycles. The zero-order chi connectivity index (χ0) is 10.7. The summed E-state index contributed by atoms with van der Waals surface area (Å²) in [6, 6.07) is 3.73. The Morgan fingerprint density at radius 2 is 2.40 bits per heavy atom. The lowest BCUT2D eigenvalue weighted by Gasteiger charge is -1.88. The number of rotatable bonds is 4. The molecule has 2 N–H and O–H groups in total. The maximum absolute atomic E-state index is 5.63. The first-order chi connectivity index (χ1) is 7.29. The van der Waals surface area contributed by atoms with E-state index in [2.05, 4.69) is 17.1 Å². The van der Waals surface area contributed by atoms with Gasteiger partial charge in [0.1, 0.15) is 0 Å². The molecule has 0 aliphatic heterocycles. The van der Waals surface area contributed by atoms with E-state index in [4.69, 9.17) is 10.3 Å². The van der Waals surface area contributed by atoms with E-state index in [0.717, 1.165) is 27.2 Å². The SMILES string of the molecule is CCSCc1noc(-c2ccc(N)s2)n1. The molecule has 0 aliphatic rings. The maximum Gasteiger partial charge on any atom is 0.268 e. The molecule has 80 valence electrons. The van der Waals surface area contributed by atoms with Gasteiger partial charge < -0.3 is 10.3 Å². The third kappa shape index (κ3) is 2.51. The zero-order valence-corrected chi connectivity index (χ0v) is 9.90. The lowest BCUT2D eigenvalue weighted by molar-refractivity contribution is 0.426. The molecule has 0 unspecified atom stereocenters. The van der Waals surface area contributed by atoms with E-state index < -0.39 is 0 Å². The first-order valence-corrected chi connectivity index (χ1v) is 6.52. The van der Waals surface area contributed by atoms with Crippen molar-refractivity contribution in [2.75, 3.05) is 11.5 Å². The summed E-state index contributed by atoms with van der Waals surface area (Å²) in [6.45, 7) is 2.10. The highest BCUT2D eigenvalue weighted by molar-refractivity contribution is 7.98.